The number of nitrogens with one attached hydrogen (secondary N) is 4. The van der Waals surface area contributed by atoms with E-state index in [-0.39, 0.29) is 22.9 Å². The molecule has 0 aliphatic heterocycles. The van der Waals surface area contributed by atoms with Crippen LogP contribution in [0.5, 0.6) is 5.75 Å². The summed E-state index contributed by atoms with van der Waals surface area (Å²) in [6.07, 6.45) is 3.12. The van der Waals surface area contributed by atoms with Crippen LogP contribution in [0.3, 0.4) is 0 Å². The number of nitrogen functional groups attached to an aromatic ring is 1. The van der Waals surface area contributed by atoms with E-state index in [9.17, 15) is 9.18 Å². The van der Waals surface area contributed by atoms with Gasteiger partial charge in [-0.15, -0.1) is 0 Å². The van der Waals surface area contributed by atoms with Crippen molar-refractivity contribution in [3.8, 4) is 5.75 Å². The van der Waals surface area contributed by atoms with Crippen molar-refractivity contribution in [3.05, 3.63) is 78.0 Å². The Bertz CT molecular complexity index is 1250. The van der Waals surface area contributed by atoms with E-state index >= 15 is 0 Å². The Morgan fingerprint density at radius 2 is 1.83 bits per heavy atom. The lowest BCUT2D eigenvalue weighted by Crippen LogP contribution is -2.32. The van der Waals surface area contributed by atoms with Crippen molar-refractivity contribution in [3.63, 3.8) is 0 Å². The molecular weight excluding hydrogens is 449 g/mol. The number of nitrogens with two attached hydrogens (primary N) is 1. The lowest BCUT2D eigenvalue weighted by molar-refractivity contribution is 0.262. The van der Waals surface area contributed by atoms with Crippen LogP contribution in [0.4, 0.5) is 26.5 Å². The van der Waals surface area contributed by atoms with E-state index in [4.69, 9.17) is 15.9 Å². The minimum absolute atomic E-state index is 0.0343. The summed E-state index contributed by atoms with van der Waals surface area (Å²) in [5.41, 5.74) is 7.13. The number of hydrogen-bond acceptors (Lipinski definition) is 7. The second-order valence-corrected chi connectivity index (χ2v) is 8.63. The molecule has 2 amide bonds. The zero-order valence-corrected chi connectivity index (χ0v) is 19.9. The van der Waals surface area contributed by atoms with Crippen molar-refractivity contribution >= 4 is 34.6 Å². The predicted molar refractivity (Wildman–Crippen MR) is 136 cm³/mol. The fourth-order valence-electron chi connectivity index (χ4n) is 2.99. The Morgan fingerprint density at radius 1 is 1.11 bits per heavy atom. The number of benzene rings is 2. The zero-order chi connectivity index (χ0) is 25.6. The van der Waals surface area contributed by atoms with Crippen molar-refractivity contribution in [2.75, 3.05) is 23.5 Å². The van der Waals surface area contributed by atoms with E-state index in [1.54, 1.807) is 43.6 Å². The first-order valence-electron chi connectivity index (χ1n) is 10.7. The summed E-state index contributed by atoms with van der Waals surface area (Å²) in [4.78, 5) is 20.5. The zero-order valence-electron chi connectivity index (χ0n) is 19.9. The summed E-state index contributed by atoms with van der Waals surface area (Å²) in [7, 11) is 1.55. The highest BCUT2D eigenvalue weighted by Gasteiger charge is 2.17. The van der Waals surface area contributed by atoms with Crippen LogP contribution in [0.2, 0.25) is 0 Å². The minimum Gasteiger partial charge on any atom is -0.497 e. The number of rotatable bonds is 7. The third-order valence-electron chi connectivity index (χ3n) is 4.72. The summed E-state index contributed by atoms with van der Waals surface area (Å²) < 4.78 is 19.7. The number of carbonyl (C=O) groups is 1. The summed E-state index contributed by atoms with van der Waals surface area (Å²) in [6, 6.07) is 11.9. The number of hydrogen-bond donors (Lipinski definition) is 5. The average Bonchev–Trinajstić information content (AvgIpc) is 2.80. The summed E-state index contributed by atoms with van der Waals surface area (Å²) >= 11 is 0. The Labute approximate surface area is 203 Å². The summed E-state index contributed by atoms with van der Waals surface area (Å²) in [5.74, 6) is 0.0531. The van der Waals surface area contributed by atoms with Crippen LogP contribution in [0.25, 0.3) is 5.57 Å². The van der Waals surface area contributed by atoms with Crippen molar-refractivity contribution in [2.45, 2.75) is 26.3 Å². The number of methoxy groups -OCH3 is 1. The lowest BCUT2D eigenvalue weighted by atomic mass is 9.98. The standard InChI is InChI=1S/C25H28FN7O2/c1-25(2,3)30-14-18(22(27)20-11-12-29-23(28)32-20)15-5-10-19(26)21(13-15)33-24(34)31-16-6-8-17(35-4)9-7-16/h5-14,27,30H,1-4H3,(H2,28,29,32)(H2,31,33,34)/b18-14-,27-22?. The Balaban J connectivity index is 1.89. The second kappa shape index (κ2) is 10.6. The number of nitrogens with zero attached hydrogens (tertiary/aromatic N) is 2. The quantitative estimate of drug-likeness (QED) is 0.314. The van der Waals surface area contributed by atoms with E-state index in [1.165, 1.54) is 24.4 Å². The predicted octanol–water partition coefficient (Wildman–Crippen LogP) is 4.65. The molecule has 3 aromatic rings. The van der Waals surface area contributed by atoms with E-state index < -0.39 is 11.8 Å². The lowest BCUT2D eigenvalue weighted by Gasteiger charge is -2.21. The molecule has 35 heavy (non-hydrogen) atoms. The van der Waals surface area contributed by atoms with Gasteiger partial charge in [-0.2, -0.15) is 0 Å². The van der Waals surface area contributed by atoms with E-state index in [2.05, 4.69) is 25.9 Å². The maximum atomic E-state index is 14.6. The SMILES string of the molecule is COc1ccc(NC(=O)Nc2cc(/C(=C/NC(C)(C)C)C(=N)c3ccnc(N)n3)ccc2F)cc1. The normalized spacial score (nSPS) is 11.5. The molecule has 0 atom stereocenters. The van der Waals surface area contributed by atoms with Gasteiger partial charge in [0.05, 0.1) is 24.2 Å². The highest BCUT2D eigenvalue weighted by Crippen LogP contribution is 2.25. The Morgan fingerprint density at radius 3 is 2.46 bits per heavy atom. The van der Waals surface area contributed by atoms with Crippen molar-refractivity contribution in [1.82, 2.24) is 15.3 Å². The number of aromatic nitrogens is 2. The van der Waals surface area contributed by atoms with Crippen LogP contribution in [0.15, 0.2) is 60.9 Å². The highest BCUT2D eigenvalue weighted by molar-refractivity contribution is 6.29. The summed E-state index contributed by atoms with van der Waals surface area (Å²) in [6.45, 7) is 5.90. The van der Waals surface area contributed by atoms with Crippen LogP contribution in [0.1, 0.15) is 32.0 Å². The third kappa shape index (κ3) is 7.00. The van der Waals surface area contributed by atoms with Gasteiger partial charge in [0.1, 0.15) is 11.6 Å². The fraction of sp³-hybridized carbons (Fsp3) is 0.200. The van der Waals surface area contributed by atoms with E-state index in [1.807, 2.05) is 20.8 Å². The van der Waals surface area contributed by atoms with Gasteiger partial charge in [-0.3, -0.25) is 5.41 Å². The molecule has 0 bridgehead atoms. The number of carbonyl (C=O) groups excluding carboxylic acids is 1. The number of allylic oxidation sites excluding steroid dienone is 1. The topological polar surface area (TPSA) is 138 Å². The molecule has 3 rings (SSSR count). The minimum atomic E-state index is -0.625. The third-order valence-corrected chi connectivity index (χ3v) is 4.72. The molecular formula is C25H28FN7O2. The number of anilines is 3. The Kier molecular flexibility index (Phi) is 7.65. The number of halogens is 1. The van der Waals surface area contributed by atoms with Gasteiger partial charge in [0.25, 0.3) is 0 Å². The van der Waals surface area contributed by atoms with Crippen LogP contribution < -0.4 is 26.4 Å². The first-order chi connectivity index (χ1) is 16.6. The molecule has 0 radical (unpaired) electrons. The van der Waals surface area contributed by atoms with Gasteiger partial charge < -0.3 is 26.4 Å². The van der Waals surface area contributed by atoms with Gasteiger partial charge in [0, 0.05) is 29.2 Å². The van der Waals surface area contributed by atoms with Gasteiger partial charge >= 0.3 is 6.03 Å². The monoisotopic (exact) mass is 477 g/mol. The molecule has 0 unspecified atom stereocenters. The smallest absolute Gasteiger partial charge is 0.323 e. The molecule has 0 spiro atoms. The molecule has 0 aliphatic carbocycles. The number of ether oxygens (including phenoxy) is 1. The molecule has 0 saturated heterocycles. The molecule has 9 nitrogen and oxygen atoms in total. The van der Waals surface area contributed by atoms with Crippen molar-refractivity contribution < 1.29 is 13.9 Å². The van der Waals surface area contributed by atoms with Crippen LogP contribution in [-0.4, -0.2) is 34.4 Å². The maximum Gasteiger partial charge on any atom is 0.323 e. The van der Waals surface area contributed by atoms with E-state index in [0.29, 0.717) is 28.3 Å². The largest absolute Gasteiger partial charge is 0.497 e. The first kappa shape index (κ1) is 25.2. The van der Waals surface area contributed by atoms with Crippen LogP contribution in [-0.2, 0) is 0 Å². The molecule has 0 aliphatic rings. The average molecular weight is 478 g/mol. The molecule has 2 aromatic carbocycles. The van der Waals surface area contributed by atoms with Crippen molar-refractivity contribution in [1.29, 1.82) is 5.41 Å². The van der Waals surface area contributed by atoms with Gasteiger partial charge in [0.2, 0.25) is 5.95 Å². The van der Waals surface area contributed by atoms with Gasteiger partial charge in [0.15, 0.2) is 0 Å². The van der Waals surface area contributed by atoms with E-state index in [0.717, 1.165) is 0 Å². The summed E-state index contributed by atoms with van der Waals surface area (Å²) in [5, 5.41) is 17.1. The van der Waals surface area contributed by atoms with Gasteiger partial charge in [-0.25, -0.2) is 19.2 Å². The molecule has 6 N–H and O–H groups in total. The molecule has 0 fully saturated rings. The van der Waals surface area contributed by atoms with Crippen molar-refractivity contribution in [2.24, 2.45) is 0 Å². The second-order valence-electron chi connectivity index (χ2n) is 8.63. The van der Waals surface area contributed by atoms with Gasteiger partial charge in [-0.1, -0.05) is 6.07 Å². The van der Waals surface area contributed by atoms with Crippen LogP contribution >= 0.6 is 0 Å². The number of amides is 2. The first-order valence-corrected chi connectivity index (χ1v) is 10.7. The van der Waals surface area contributed by atoms with Crippen LogP contribution in [0, 0.1) is 11.2 Å². The molecule has 182 valence electrons. The number of urea groups is 1. The highest BCUT2D eigenvalue weighted by atomic mass is 19.1. The molecule has 1 heterocycles. The fourth-order valence-corrected chi connectivity index (χ4v) is 2.99. The Hall–Kier alpha value is -4.47. The molecule has 10 heteroatoms. The molecule has 1 aromatic heterocycles. The van der Waals surface area contributed by atoms with Gasteiger partial charge in [-0.05, 0) is 68.8 Å². The molecule has 0 saturated carbocycles. The maximum absolute atomic E-state index is 14.6.